The Labute approximate surface area is 102 Å². The standard InChI is InChI=1S/C14H19NO2/c1-17-12-6-4-11(5-7-12)13(16)14(10-15)8-2-3-9-14/h4-7H,2-3,8-10,15H2,1H3. The number of rotatable bonds is 4. The molecule has 1 aliphatic carbocycles. The van der Waals surface area contributed by atoms with Gasteiger partial charge in [-0.3, -0.25) is 4.79 Å². The van der Waals surface area contributed by atoms with Crippen molar-refractivity contribution in [1.29, 1.82) is 0 Å². The highest BCUT2D eigenvalue weighted by Gasteiger charge is 2.39. The molecule has 0 spiro atoms. The van der Waals surface area contributed by atoms with Crippen molar-refractivity contribution in [2.24, 2.45) is 11.1 Å². The maximum atomic E-state index is 12.5. The number of ketones is 1. The number of nitrogens with two attached hydrogens (primary N) is 1. The van der Waals surface area contributed by atoms with Crippen LogP contribution in [0.3, 0.4) is 0 Å². The van der Waals surface area contributed by atoms with Gasteiger partial charge in [-0.1, -0.05) is 12.8 Å². The molecule has 0 aromatic heterocycles. The van der Waals surface area contributed by atoms with Crippen molar-refractivity contribution < 1.29 is 9.53 Å². The molecule has 0 aliphatic heterocycles. The number of benzene rings is 1. The predicted molar refractivity (Wildman–Crippen MR) is 67.3 cm³/mol. The minimum absolute atomic E-state index is 0.195. The van der Waals surface area contributed by atoms with Crippen molar-refractivity contribution in [2.75, 3.05) is 13.7 Å². The Morgan fingerprint density at radius 2 is 1.88 bits per heavy atom. The Morgan fingerprint density at radius 3 is 2.35 bits per heavy atom. The predicted octanol–water partition coefficient (Wildman–Crippen LogP) is 2.40. The Morgan fingerprint density at radius 1 is 1.29 bits per heavy atom. The molecule has 3 nitrogen and oxygen atoms in total. The fourth-order valence-electron chi connectivity index (χ4n) is 2.62. The van der Waals surface area contributed by atoms with E-state index in [2.05, 4.69) is 0 Å². The molecule has 3 heteroatoms. The third kappa shape index (κ3) is 2.20. The highest BCUT2D eigenvalue weighted by atomic mass is 16.5. The fraction of sp³-hybridized carbons (Fsp3) is 0.500. The number of methoxy groups -OCH3 is 1. The summed E-state index contributed by atoms with van der Waals surface area (Å²) >= 11 is 0. The average Bonchev–Trinajstić information content (AvgIpc) is 2.88. The van der Waals surface area contributed by atoms with Gasteiger partial charge < -0.3 is 10.5 Å². The van der Waals surface area contributed by atoms with Crippen LogP contribution in [-0.4, -0.2) is 19.4 Å². The normalized spacial score (nSPS) is 18.0. The second kappa shape index (κ2) is 4.88. The largest absolute Gasteiger partial charge is 0.497 e. The van der Waals surface area contributed by atoms with Crippen LogP contribution in [0.4, 0.5) is 0 Å². The van der Waals surface area contributed by atoms with E-state index in [1.807, 2.05) is 24.3 Å². The van der Waals surface area contributed by atoms with E-state index in [0.717, 1.165) is 37.0 Å². The lowest BCUT2D eigenvalue weighted by molar-refractivity contribution is 0.0810. The van der Waals surface area contributed by atoms with Gasteiger partial charge in [-0.05, 0) is 37.1 Å². The van der Waals surface area contributed by atoms with Crippen LogP contribution in [0.1, 0.15) is 36.0 Å². The van der Waals surface area contributed by atoms with Gasteiger partial charge in [0.1, 0.15) is 5.75 Å². The molecular formula is C14H19NO2. The van der Waals surface area contributed by atoms with Gasteiger partial charge in [0.15, 0.2) is 5.78 Å². The van der Waals surface area contributed by atoms with Crippen LogP contribution < -0.4 is 10.5 Å². The number of carbonyl (C=O) groups is 1. The molecule has 0 amide bonds. The number of carbonyl (C=O) groups excluding carboxylic acids is 1. The molecular weight excluding hydrogens is 214 g/mol. The summed E-state index contributed by atoms with van der Waals surface area (Å²) in [5.74, 6) is 0.968. The summed E-state index contributed by atoms with van der Waals surface area (Å²) in [7, 11) is 1.62. The minimum atomic E-state index is -0.311. The van der Waals surface area contributed by atoms with Crippen molar-refractivity contribution in [2.45, 2.75) is 25.7 Å². The van der Waals surface area contributed by atoms with Gasteiger partial charge in [-0.2, -0.15) is 0 Å². The number of hydrogen-bond donors (Lipinski definition) is 1. The lowest BCUT2D eigenvalue weighted by atomic mass is 9.79. The van der Waals surface area contributed by atoms with Crippen LogP contribution in [0.2, 0.25) is 0 Å². The number of Topliss-reactive ketones (excluding diaryl/α,β-unsaturated/α-hetero) is 1. The molecule has 1 fully saturated rings. The Balaban J connectivity index is 2.23. The van der Waals surface area contributed by atoms with Crippen molar-refractivity contribution in [3.05, 3.63) is 29.8 Å². The maximum Gasteiger partial charge on any atom is 0.170 e. The van der Waals surface area contributed by atoms with Gasteiger partial charge in [0.2, 0.25) is 0 Å². The monoisotopic (exact) mass is 233 g/mol. The van der Waals surface area contributed by atoms with Crippen LogP contribution in [0.25, 0.3) is 0 Å². The molecule has 0 atom stereocenters. The fourth-order valence-corrected chi connectivity index (χ4v) is 2.62. The molecule has 17 heavy (non-hydrogen) atoms. The zero-order chi connectivity index (χ0) is 12.3. The quantitative estimate of drug-likeness (QED) is 0.812. The van der Waals surface area contributed by atoms with Crippen molar-refractivity contribution in [3.8, 4) is 5.75 Å². The highest BCUT2D eigenvalue weighted by Crippen LogP contribution is 2.40. The Kier molecular flexibility index (Phi) is 3.48. The van der Waals surface area contributed by atoms with Crippen molar-refractivity contribution in [1.82, 2.24) is 0 Å². The summed E-state index contributed by atoms with van der Waals surface area (Å²) in [5.41, 5.74) is 6.25. The maximum absolute atomic E-state index is 12.5. The Bertz CT molecular complexity index is 391. The van der Waals surface area contributed by atoms with E-state index in [1.54, 1.807) is 7.11 Å². The summed E-state index contributed by atoms with van der Waals surface area (Å²) in [6.07, 6.45) is 4.07. The molecule has 0 radical (unpaired) electrons. The third-order valence-electron chi connectivity index (χ3n) is 3.79. The van der Waals surface area contributed by atoms with Gasteiger partial charge in [0, 0.05) is 17.5 Å². The van der Waals surface area contributed by atoms with Gasteiger partial charge in [0.05, 0.1) is 7.11 Å². The third-order valence-corrected chi connectivity index (χ3v) is 3.79. The molecule has 1 saturated carbocycles. The molecule has 92 valence electrons. The summed E-state index contributed by atoms with van der Waals surface area (Å²) in [5, 5.41) is 0. The lowest BCUT2D eigenvalue weighted by Gasteiger charge is -2.25. The summed E-state index contributed by atoms with van der Waals surface area (Å²) in [6.45, 7) is 0.456. The van der Waals surface area contributed by atoms with Gasteiger partial charge in [-0.15, -0.1) is 0 Å². The average molecular weight is 233 g/mol. The van der Waals surface area contributed by atoms with Crippen LogP contribution >= 0.6 is 0 Å². The molecule has 1 aliphatic rings. The summed E-state index contributed by atoms with van der Waals surface area (Å²) in [6, 6.07) is 7.31. The number of hydrogen-bond acceptors (Lipinski definition) is 3. The Hall–Kier alpha value is -1.35. The second-order valence-corrected chi connectivity index (χ2v) is 4.75. The van der Waals surface area contributed by atoms with Crippen molar-refractivity contribution >= 4 is 5.78 Å². The van der Waals surface area contributed by atoms with Gasteiger partial charge >= 0.3 is 0 Å². The van der Waals surface area contributed by atoms with E-state index in [1.165, 1.54) is 0 Å². The molecule has 1 aromatic carbocycles. The smallest absolute Gasteiger partial charge is 0.170 e. The topological polar surface area (TPSA) is 52.3 Å². The highest BCUT2D eigenvalue weighted by molar-refractivity contribution is 6.01. The van der Waals surface area contributed by atoms with Crippen LogP contribution in [0.5, 0.6) is 5.75 Å². The van der Waals surface area contributed by atoms with E-state index < -0.39 is 0 Å². The van der Waals surface area contributed by atoms with Crippen LogP contribution in [0, 0.1) is 5.41 Å². The molecule has 1 aromatic rings. The molecule has 0 heterocycles. The molecule has 0 bridgehead atoms. The zero-order valence-electron chi connectivity index (χ0n) is 10.2. The van der Waals surface area contributed by atoms with E-state index in [9.17, 15) is 4.79 Å². The molecule has 0 saturated heterocycles. The molecule has 0 unspecified atom stereocenters. The van der Waals surface area contributed by atoms with E-state index in [-0.39, 0.29) is 11.2 Å². The SMILES string of the molecule is COc1ccc(C(=O)C2(CN)CCCC2)cc1. The van der Waals surface area contributed by atoms with E-state index in [0.29, 0.717) is 6.54 Å². The van der Waals surface area contributed by atoms with E-state index in [4.69, 9.17) is 10.5 Å². The molecule has 2 N–H and O–H groups in total. The summed E-state index contributed by atoms with van der Waals surface area (Å²) < 4.78 is 5.09. The van der Waals surface area contributed by atoms with Crippen LogP contribution in [0.15, 0.2) is 24.3 Å². The first-order valence-electron chi connectivity index (χ1n) is 6.11. The zero-order valence-corrected chi connectivity index (χ0v) is 10.2. The molecule has 2 rings (SSSR count). The lowest BCUT2D eigenvalue weighted by Crippen LogP contribution is -2.36. The van der Waals surface area contributed by atoms with Crippen LogP contribution in [-0.2, 0) is 0 Å². The van der Waals surface area contributed by atoms with E-state index >= 15 is 0 Å². The first-order chi connectivity index (χ1) is 8.22. The first kappa shape index (κ1) is 12.1. The van der Waals surface area contributed by atoms with Gasteiger partial charge in [0.25, 0.3) is 0 Å². The van der Waals surface area contributed by atoms with Crippen molar-refractivity contribution in [3.63, 3.8) is 0 Å². The minimum Gasteiger partial charge on any atom is -0.497 e. The second-order valence-electron chi connectivity index (χ2n) is 4.75. The first-order valence-corrected chi connectivity index (χ1v) is 6.11. The number of ether oxygens (including phenoxy) is 1. The van der Waals surface area contributed by atoms with Gasteiger partial charge in [-0.25, -0.2) is 0 Å². The summed E-state index contributed by atoms with van der Waals surface area (Å²) in [4.78, 5) is 12.5.